The average molecular weight is 398 g/mol. The zero-order valence-corrected chi connectivity index (χ0v) is 17.6. The lowest BCUT2D eigenvalue weighted by atomic mass is 9.86. The Kier molecular flexibility index (Phi) is 6.78. The van der Waals surface area contributed by atoms with Crippen LogP contribution in [0.1, 0.15) is 78.6 Å². The number of carboxylic acid groups (broad SMARTS) is 1. The molecule has 1 aliphatic carbocycles. The minimum atomic E-state index is -0.979. The van der Waals surface area contributed by atoms with Gasteiger partial charge in [0.1, 0.15) is 11.5 Å². The molecule has 0 spiro atoms. The van der Waals surface area contributed by atoms with E-state index in [2.05, 4.69) is 13.8 Å². The van der Waals surface area contributed by atoms with Crippen molar-refractivity contribution in [2.75, 3.05) is 6.61 Å². The van der Waals surface area contributed by atoms with Gasteiger partial charge in [0.15, 0.2) is 6.61 Å². The van der Waals surface area contributed by atoms with E-state index in [1.165, 1.54) is 24.8 Å². The average Bonchev–Trinajstić information content (AvgIpc) is 2.72. The summed E-state index contributed by atoms with van der Waals surface area (Å²) in [7, 11) is 0. The fraction of sp³-hybridized carbons (Fsp3) is 0.500. The number of aliphatic carboxylic acids is 1. The summed E-state index contributed by atoms with van der Waals surface area (Å²) in [5.74, 6) is 0.311. The van der Waals surface area contributed by atoms with E-state index in [0.29, 0.717) is 23.8 Å². The smallest absolute Gasteiger partial charge is 0.341 e. The molecule has 2 N–H and O–H groups in total. The predicted molar refractivity (Wildman–Crippen MR) is 113 cm³/mol. The van der Waals surface area contributed by atoms with Crippen molar-refractivity contribution < 1.29 is 19.7 Å². The van der Waals surface area contributed by atoms with E-state index in [1.807, 2.05) is 19.1 Å². The number of ether oxygens (including phenoxy) is 1. The van der Waals surface area contributed by atoms with Crippen molar-refractivity contribution in [3.8, 4) is 11.5 Å². The maximum atomic E-state index is 10.9. The van der Waals surface area contributed by atoms with Gasteiger partial charge >= 0.3 is 5.97 Å². The van der Waals surface area contributed by atoms with E-state index >= 15 is 0 Å². The molecule has 5 nitrogen and oxygen atoms in total. The number of rotatable bonds is 7. The fourth-order valence-corrected chi connectivity index (χ4v) is 4.32. The van der Waals surface area contributed by atoms with Crippen molar-refractivity contribution in [1.29, 1.82) is 0 Å². The summed E-state index contributed by atoms with van der Waals surface area (Å²) >= 11 is 0. The molecule has 2 aromatic rings. The molecular formula is C24H31NO4. The first kappa shape index (κ1) is 21.2. The standard InChI is InChI=1S/C24H31NO4/c1-4-17-12-22(29-14-23(27)28)16(3)15(2)20(17)13-19-10-11-21(26)24(25-19)18-8-6-5-7-9-18/h10-12,18,26H,4-9,13-14H2,1-3H3,(H,27,28). The van der Waals surface area contributed by atoms with Crippen LogP contribution in [0.15, 0.2) is 18.2 Å². The SMILES string of the molecule is CCc1cc(OCC(=O)O)c(C)c(C)c1Cc1ccc(O)c(C2CCCCC2)n1. The van der Waals surface area contributed by atoms with Crippen molar-refractivity contribution in [3.63, 3.8) is 0 Å². The Hall–Kier alpha value is -2.56. The highest BCUT2D eigenvalue weighted by atomic mass is 16.5. The second-order valence-corrected chi connectivity index (χ2v) is 8.02. The summed E-state index contributed by atoms with van der Waals surface area (Å²) in [5.41, 5.74) is 6.22. The summed E-state index contributed by atoms with van der Waals surface area (Å²) in [4.78, 5) is 15.7. The topological polar surface area (TPSA) is 79.7 Å². The molecule has 5 heteroatoms. The van der Waals surface area contributed by atoms with Crippen LogP contribution in [0.4, 0.5) is 0 Å². The fourth-order valence-electron chi connectivity index (χ4n) is 4.32. The van der Waals surface area contributed by atoms with E-state index < -0.39 is 5.97 Å². The van der Waals surface area contributed by atoms with E-state index in [-0.39, 0.29) is 6.61 Å². The van der Waals surface area contributed by atoms with Gasteiger partial charge < -0.3 is 14.9 Å². The van der Waals surface area contributed by atoms with Crippen LogP contribution in [-0.4, -0.2) is 27.8 Å². The van der Waals surface area contributed by atoms with Crippen LogP contribution in [0.3, 0.4) is 0 Å². The predicted octanol–water partition coefficient (Wildman–Crippen LogP) is 5.07. The van der Waals surface area contributed by atoms with Crippen molar-refractivity contribution >= 4 is 5.97 Å². The zero-order valence-electron chi connectivity index (χ0n) is 17.6. The molecule has 0 atom stereocenters. The highest BCUT2D eigenvalue weighted by Crippen LogP contribution is 2.36. The number of hydrogen-bond acceptors (Lipinski definition) is 4. The molecule has 0 amide bonds. The Labute approximate surface area is 172 Å². The molecule has 1 heterocycles. The summed E-state index contributed by atoms with van der Waals surface area (Å²) in [6.07, 6.45) is 7.38. The normalized spacial score (nSPS) is 14.7. The van der Waals surface area contributed by atoms with Crippen molar-refractivity contribution in [2.24, 2.45) is 0 Å². The molecule has 3 rings (SSSR count). The molecule has 0 bridgehead atoms. The molecule has 1 aromatic carbocycles. The third-order valence-corrected chi connectivity index (χ3v) is 6.12. The Balaban J connectivity index is 1.91. The molecule has 0 unspecified atom stereocenters. The maximum Gasteiger partial charge on any atom is 0.341 e. The zero-order chi connectivity index (χ0) is 21.0. The summed E-state index contributed by atoms with van der Waals surface area (Å²) in [6, 6.07) is 5.65. The van der Waals surface area contributed by atoms with Crippen LogP contribution in [0.5, 0.6) is 11.5 Å². The molecule has 0 aliphatic heterocycles. The van der Waals surface area contributed by atoms with Crippen molar-refractivity contribution in [2.45, 2.75) is 71.6 Å². The molecule has 29 heavy (non-hydrogen) atoms. The first-order chi connectivity index (χ1) is 13.9. The van der Waals surface area contributed by atoms with Crippen LogP contribution in [0.25, 0.3) is 0 Å². The van der Waals surface area contributed by atoms with E-state index in [0.717, 1.165) is 47.3 Å². The van der Waals surface area contributed by atoms with Gasteiger partial charge in [0.2, 0.25) is 0 Å². The molecular weight excluding hydrogens is 366 g/mol. The number of pyridine rings is 1. The number of carbonyl (C=O) groups is 1. The van der Waals surface area contributed by atoms with Crippen LogP contribution in [-0.2, 0) is 17.6 Å². The van der Waals surface area contributed by atoms with Crippen molar-refractivity contribution in [3.05, 3.63) is 51.8 Å². The maximum absolute atomic E-state index is 10.9. The minimum Gasteiger partial charge on any atom is -0.506 e. The largest absolute Gasteiger partial charge is 0.506 e. The number of aromatic hydroxyl groups is 1. The third kappa shape index (κ3) is 4.89. The third-order valence-electron chi connectivity index (χ3n) is 6.12. The van der Waals surface area contributed by atoms with E-state index in [1.54, 1.807) is 6.07 Å². The molecule has 1 fully saturated rings. The van der Waals surface area contributed by atoms with Crippen LogP contribution in [0.2, 0.25) is 0 Å². The molecule has 1 saturated carbocycles. The van der Waals surface area contributed by atoms with Crippen LogP contribution < -0.4 is 4.74 Å². The Bertz CT molecular complexity index is 885. The molecule has 1 aliphatic rings. The van der Waals surface area contributed by atoms with Crippen LogP contribution in [0, 0.1) is 13.8 Å². The Morgan fingerprint density at radius 1 is 1.17 bits per heavy atom. The molecule has 156 valence electrons. The summed E-state index contributed by atoms with van der Waals surface area (Å²) < 4.78 is 5.49. The Morgan fingerprint density at radius 2 is 1.90 bits per heavy atom. The quantitative estimate of drug-likeness (QED) is 0.682. The minimum absolute atomic E-state index is 0.307. The lowest BCUT2D eigenvalue weighted by molar-refractivity contribution is -0.139. The number of nitrogens with zero attached hydrogens (tertiary/aromatic N) is 1. The molecule has 1 aromatic heterocycles. The van der Waals surface area contributed by atoms with E-state index in [4.69, 9.17) is 14.8 Å². The lowest BCUT2D eigenvalue weighted by Gasteiger charge is -2.23. The first-order valence-corrected chi connectivity index (χ1v) is 10.6. The van der Waals surface area contributed by atoms with Gasteiger partial charge in [-0.3, -0.25) is 4.98 Å². The second-order valence-electron chi connectivity index (χ2n) is 8.02. The summed E-state index contributed by atoms with van der Waals surface area (Å²) in [5, 5.41) is 19.3. The van der Waals surface area contributed by atoms with Gasteiger partial charge in [0, 0.05) is 18.0 Å². The number of benzene rings is 1. The van der Waals surface area contributed by atoms with Gasteiger partial charge in [0.25, 0.3) is 0 Å². The van der Waals surface area contributed by atoms with Gasteiger partial charge in [-0.15, -0.1) is 0 Å². The monoisotopic (exact) mass is 397 g/mol. The van der Waals surface area contributed by atoms with Crippen LogP contribution >= 0.6 is 0 Å². The van der Waals surface area contributed by atoms with Gasteiger partial charge in [-0.25, -0.2) is 4.79 Å². The molecule has 0 saturated heterocycles. The Morgan fingerprint density at radius 3 is 2.55 bits per heavy atom. The number of carboxylic acids is 1. The van der Waals surface area contributed by atoms with Crippen molar-refractivity contribution in [1.82, 2.24) is 4.98 Å². The van der Waals surface area contributed by atoms with Gasteiger partial charge in [-0.05, 0) is 73.6 Å². The summed E-state index contributed by atoms with van der Waals surface area (Å²) in [6.45, 7) is 5.77. The molecule has 0 radical (unpaired) electrons. The highest BCUT2D eigenvalue weighted by Gasteiger charge is 2.21. The van der Waals surface area contributed by atoms with E-state index in [9.17, 15) is 9.90 Å². The number of hydrogen-bond donors (Lipinski definition) is 2. The first-order valence-electron chi connectivity index (χ1n) is 10.6. The second kappa shape index (κ2) is 9.29. The van der Waals surface area contributed by atoms with Gasteiger partial charge in [-0.1, -0.05) is 26.2 Å². The number of aryl methyl sites for hydroxylation is 1. The van der Waals surface area contributed by atoms with Gasteiger partial charge in [0.05, 0.1) is 5.69 Å². The lowest BCUT2D eigenvalue weighted by Crippen LogP contribution is -2.12. The number of aromatic nitrogens is 1. The highest BCUT2D eigenvalue weighted by molar-refractivity contribution is 5.68. The van der Waals surface area contributed by atoms with Gasteiger partial charge in [-0.2, -0.15) is 0 Å².